The van der Waals surface area contributed by atoms with Crippen molar-refractivity contribution in [1.29, 1.82) is 0 Å². The average molecular weight is 244 g/mol. The minimum absolute atomic E-state index is 0.0663. The second-order valence-corrected chi connectivity index (χ2v) is 4.80. The number of piperidine rings is 1. The highest BCUT2D eigenvalue weighted by atomic mass is 16.5. The summed E-state index contributed by atoms with van der Waals surface area (Å²) in [4.78, 5) is 2.39. The molecule has 2 heterocycles. The van der Waals surface area contributed by atoms with Crippen LogP contribution in [0.5, 0.6) is 0 Å². The lowest BCUT2D eigenvalue weighted by molar-refractivity contribution is 0.00518. The Kier molecular flexibility index (Phi) is 5.15. The summed E-state index contributed by atoms with van der Waals surface area (Å²) < 4.78 is 5.30. The molecule has 2 rings (SSSR count). The molecule has 0 radical (unpaired) electrons. The number of nitrogens with one attached hydrogen (secondary N) is 1. The van der Waals surface area contributed by atoms with Crippen LogP contribution in [0.3, 0.4) is 0 Å². The van der Waals surface area contributed by atoms with Crippen molar-refractivity contribution in [3.8, 4) is 0 Å². The number of hydrogen-bond donors (Lipinski definition) is 3. The van der Waals surface area contributed by atoms with Gasteiger partial charge in [0.15, 0.2) is 0 Å². The van der Waals surface area contributed by atoms with E-state index in [-0.39, 0.29) is 12.3 Å². The fraction of sp³-hybridized carbons (Fsp3) is 1.00. The molecule has 0 aromatic carbocycles. The number of aliphatic hydroxyl groups excluding tert-OH is 1. The molecule has 0 aliphatic carbocycles. The molecule has 17 heavy (non-hydrogen) atoms. The molecule has 0 aromatic heterocycles. The molecule has 2 saturated heterocycles. The molecule has 6 heteroatoms. The van der Waals surface area contributed by atoms with Gasteiger partial charge in [-0.2, -0.15) is 0 Å². The molecule has 0 amide bonds. The van der Waals surface area contributed by atoms with Gasteiger partial charge < -0.3 is 15.6 Å². The Morgan fingerprint density at radius 3 is 2.76 bits per heavy atom. The Morgan fingerprint density at radius 2 is 2.06 bits per heavy atom. The van der Waals surface area contributed by atoms with Gasteiger partial charge in [0, 0.05) is 39.1 Å². The summed E-state index contributed by atoms with van der Waals surface area (Å²) in [5, 5.41) is 11.5. The third-order valence-corrected chi connectivity index (χ3v) is 3.46. The van der Waals surface area contributed by atoms with Gasteiger partial charge in [-0.3, -0.25) is 10.3 Å². The fourth-order valence-corrected chi connectivity index (χ4v) is 2.35. The molecular weight excluding hydrogens is 220 g/mol. The van der Waals surface area contributed by atoms with Crippen LogP contribution in [0.15, 0.2) is 0 Å². The Morgan fingerprint density at radius 1 is 1.29 bits per heavy atom. The molecule has 0 aromatic rings. The fourth-order valence-electron chi connectivity index (χ4n) is 2.35. The molecule has 0 spiro atoms. The minimum atomic E-state index is -0.234. The van der Waals surface area contributed by atoms with Gasteiger partial charge >= 0.3 is 0 Å². The Labute approximate surface area is 103 Å². The van der Waals surface area contributed by atoms with Crippen LogP contribution in [0.25, 0.3) is 0 Å². The van der Waals surface area contributed by atoms with Crippen molar-refractivity contribution in [2.24, 2.45) is 5.73 Å². The first kappa shape index (κ1) is 13.2. The second kappa shape index (κ2) is 6.63. The van der Waals surface area contributed by atoms with Crippen molar-refractivity contribution in [3.05, 3.63) is 0 Å². The first-order valence-electron chi connectivity index (χ1n) is 6.49. The summed E-state index contributed by atoms with van der Waals surface area (Å²) in [6.45, 7) is 6.48. The van der Waals surface area contributed by atoms with E-state index in [2.05, 4.69) is 10.3 Å². The number of nitrogens with zero attached hydrogens (tertiary/aromatic N) is 2. The highest BCUT2D eigenvalue weighted by molar-refractivity contribution is 4.75. The molecule has 0 bridgehead atoms. The third-order valence-electron chi connectivity index (χ3n) is 3.46. The first-order valence-corrected chi connectivity index (χ1v) is 6.49. The SMILES string of the molecule is NC1CC(O)CCN1NCCN1CCOCC1. The number of rotatable bonds is 4. The zero-order valence-electron chi connectivity index (χ0n) is 10.3. The highest BCUT2D eigenvalue weighted by Gasteiger charge is 2.24. The minimum Gasteiger partial charge on any atom is -0.393 e. The quantitative estimate of drug-likeness (QED) is 0.563. The van der Waals surface area contributed by atoms with E-state index in [1.807, 2.05) is 5.01 Å². The molecule has 2 aliphatic heterocycles. The molecule has 100 valence electrons. The molecular formula is C11H24N4O2. The van der Waals surface area contributed by atoms with E-state index in [4.69, 9.17) is 10.5 Å². The molecule has 4 N–H and O–H groups in total. The second-order valence-electron chi connectivity index (χ2n) is 4.80. The predicted octanol–water partition coefficient (Wildman–Crippen LogP) is -1.44. The number of nitrogens with two attached hydrogens (primary N) is 1. The normalized spacial score (nSPS) is 32.8. The maximum absolute atomic E-state index is 9.47. The number of hydrazine groups is 1. The molecule has 2 aliphatic rings. The zero-order chi connectivity index (χ0) is 12.1. The number of hydrogen-bond acceptors (Lipinski definition) is 6. The van der Waals surface area contributed by atoms with Crippen LogP contribution < -0.4 is 11.2 Å². The van der Waals surface area contributed by atoms with Crippen LogP contribution in [0.4, 0.5) is 0 Å². The third kappa shape index (κ3) is 4.17. The van der Waals surface area contributed by atoms with Gasteiger partial charge in [0.1, 0.15) is 0 Å². The van der Waals surface area contributed by atoms with Crippen LogP contribution >= 0.6 is 0 Å². The van der Waals surface area contributed by atoms with Gasteiger partial charge in [0.2, 0.25) is 0 Å². The summed E-state index contributed by atoms with van der Waals surface area (Å²) in [5.41, 5.74) is 9.31. The summed E-state index contributed by atoms with van der Waals surface area (Å²) in [5.74, 6) is 0. The number of aliphatic hydroxyl groups is 1. The molecule has 0 saturated carbocycles. The standard InChI is InChI=1S/C11H24N4O2/c12-11-9-10(16)1-3-15(11)13-2-4-14-5-7-17-8-6-14/h10-11,13,16H,1-9,12H2. The van der Waals surface area contributed by atoms with E-state index in [9.17, 15) is 5.11 Å². The maximum Gasteiger partial charge on any atom is 0.0732 e. The maximum atomic E-state index is 9.47. The first-order chi connectivity index (χ1) is 8.25. The van der Waals surface area contributed by atoms with E-state index in [1.165, 1.54) is 0 Å². The van der Waals surface area contributed by atoms with Gasteiger partial charge in [-0.05, 0) is 6.42 Å². The van der Waals surface area contributed by atoms with Crippen molar-refractivity contribution in [3.63, 3.8) is 0 Å². The van der Waals surface area contributed by atoms with Crippen LogP contribution in [0.2, 0.25) is 0 Å². The average Bonchev–Trinajstić information content (AvgIpc) is 2.33. The monoisotopic (exact) mass is 244 g/mol. The molecule has 2 atom stereocenters. The van der Waals surface area contributed by atoms with Gasteiger partial charge in [-0.25, -0.2) is 5.01 Å². The molecule has 2 unspecified atom stereocenters. The van der Waals surface area contributed by atoms with E-state index >= 15 is 0 Å². The lowest BCUT2D eigenvalue weighted by atomic mass is 10.1. The summed E-state index contributed by atoms with van der Waals surface area (Å²) >= 11 is 0. The highest BCUT2D eigenvalue weighted by Crippen LogP contribution is 2.11. The molecule has 2 fully saturated rings. The van der Waals surface area contributed by atoms with Crippen molar-refractivity contribution >= 4 is 0 Å². The van der Waals surface area contributed by atoms with Crippen molar-refractivity contribution < 1.29 is 9.84 Å². The molecule has 6 nitrogen and oxygen atoms in total. The van der Waals surface area contributed by atoms with E-state index in [0.717, 1.165) is 52.4 Å². The summed E-state index contributed by atoms with van der Waals surface area (Å²) in [6.07, 6.45) is 1.16. The topological polar surface area (TPSA) is 74.0 Å². The Balaban J connectivity index is 1.61. The zero-order valence-corrected chi connectivity index (χ0v) is 10.3. The number of morpholine rings is 1. The Hall–Kier alpha value is -0.240. The van der Waals surface area contributed by atoms with Gasteiger partial charge in [-0.15, -0.1) is 0 Å². The van der Waals surface area contributed by atoms with Crippen LogP contribution in [0.1, 0.15) is 12.8 Å². The summed E-state index contributed by atoms with van der Waals surface area (Å²) in [7, 11) is 0. The van der Waals surface area contributed by atoms with Crippen molar-refractivity contribution in [2.75, 3.05) is 45.9 Å². The summed E-state index contributed by atoms with van der Waals surface area (Å²) in [6, 6.07) is 0. The van der Waals surface area contributed by atoms with Crippen LogP contribution in [-0.2, 0) is 4.74 Å². The number of ether oxygens (including phenoxy) is 1. The van der Waals surface area contributed by atoms with Crippen LogP contribution in [0, 0.1) is 0 Å². The largest absolute Gasteiger partial charge is 0.393 e. The van der Waals surface area contributed by atoms with E-state index < -0.39 is 0 Å². The van der Waals surface area contributed by atoms with Crippen molar-refractivity contribution in [2.45, 2.75) is 25.1 Å². The Bertz CT molecular complexity index is 224. The smallest absolute Gasteiger partial charge is 0.0732 e. The van der Waals surface area contributed by atoms with E-state index in [0.29, 0.717) is 6.42 Å². The lowest BCUT2D eigenvalue weighted by Crippen LogP contribution is -2.57. The van der Waals surface area contributed by atoms with E-state index in [1.54, 1.807) is 0 Å². The van der Waals surface area contributed by atoms with Gasteiger partial charge in [0.05, 0.1) is 25.5 Å². The predicted molar refractivity (Wildman–Crippen MR) is 65.2 cm³/mol. The van der Waals surface area contributed by atoms with Crippen LogP contribution in [-0.4, -0.2) is 73.2 Å². The lowest BCUT2D eigenvalue weighted by Gasteiger charge is -2.36. The van der Waals surface area contributed by atoms with Gasteiger partial charge in [0.25, 0.3) is 0 Å². The van der Waals surface area contributed by atoms with Crippen molar-refractivity contribution in [1.82, 2.24) is 15.3 Å². The van der Waals surface area contributed by atoms with Gasteiger partial charge in [-0.1, -0.05) is 0 Å².